The van der Waals surface area contributed by atoms with Gasteiger partial charge in [-0.05, 0) is 48.1 Å². The van der Waals surface area contributed by atoms with Gasteiger partial charge in [0.15, 0.2) is 0 Å². The smallest absolute Gasteiger partial charge is 0.122 e. The number of aliphatic hydroxyl groups is 1. The zero-order chi connectivity index (χ0) is 12.4. The second-order valence-electron chi connectivity index (χ2n) is 4.12. The van der Waals surface area contributed by atoms with Gasteiger partial charge >= 0.3 is 0 Å². The lowest BCUT2D eigenvalue weighted by atomic mass is 10.0. The van der Waals surface area contributed by atoms with Crippen molar-refractivity contribution in [1.29, 1.82) is 0 Å². The molecule has 0 aliphatic rings. The van der Waals surface area contributed by atoms with Crippen LogP contribution >= 0.6 is 11.3 Å². The van der Waals surface area contributed by atoms with Gasteiger partial charge in [0.05, 0.1) is 7.11 Å². The Balaban J connectivity index is 2.34. The highest BCUT2D eigenvalue weighted by Crippen LogP contribution is 2.29. The summed E-state index contributed by atoms with van der Waals surface area (Å²) >= 11 is 1.65. The molecule has 0 saturated carbocycles. The Morgan fingerprint density at radius 3 is 2.53 bits per heavy atom. The van der Waals surface area contributed by atoms with Gasteiger partial charge in [-0.2, -0.15) is 0 Å². The third-order valence-corrected chi connectivity index (χ3v) is 3.69. The molecule has 0 radical (unpaired) electrons. The van der Waals surface area contributed by atoms with E-state index in [0.29, 0.717) is 0 Å². The molecule has 1 heterocycles. The number of hydrogen-bond acceptors (Lipinski definition) is 3. The fourth-order valence-electron chi connectivity index (χ4n) is 1.81. The first kappa shape index (κ1) is 12.1. The lowest BCUT2D eigenvalue weighted by molar-refractivity contribution is 0.220. The topological polar surface area (TPSA) is 29.5 Å². The SMILES string of the molecule is COc1cc(C(O)c2csc(C)c2)ccc1C. The van der Waals surface area contributed by atoms with Crippen molar-refractivity contribution in [1.82, 2.24) is 0 Å². The Kier molecular flexibility index (Phi) is 3.50. The highest BCUT2D eigenvalue weighted by molar-refractivity contribution is 7.10. The molecule has 1 N–H and O–H groups in total. The lowest BCUT2D eigenvalue weighted by Crippen LogP contribution is -1.99. The number of methoxy groups -OCH3 is 1. The van der Waals surface area contributed by atoms with Gasteiger partial charge in [-0.1, -0.05) is 12.1 Å². The molecule has 0 aliphatic carbocycles. The van der Waals surface area contributed by atoms with Crippen LogP contribution in [0.1, 0.15) is 27.7 Å². The molecule has 0 aliphatic heterocycles. The van der Waals surface area contributed by atoms with E-state index in [9.17, 15) is 5.11 Å². The monoisotopic (exact) mass is 248 g/mol. The second-order valence-corrected chi connectivity index (χ2v) is 5.24. The molecule has 1 aromatic heterocycles. The predicted octanol–water partition coefficient (Wildman–Crippen LogP) is 3.46. The van der Waals surface area contributed by atoms with Gasteiger partial charge in [0.25, 0.3) is 0 Å². The molecule has 2 rings (SSSR count). The van der Waals surface area contributed by atoms with E-state index < -0.39 is 6.10 Å². The van der Waals surface area contributed by atoms with Crippen molar-refractivity contribution < 1.29 is 9.84 Å². The van der Waals surface area contributed by atoms with E-state index in [0.717, 1.165) is 22.4 Å². The van der Waals surface area contributed by atoms with Gasteiger partial charge in [-0.3, -0.25) is 0 Å². The van der Waals surface area contributed by atoms with Crippen LogP contribution in [0.4, 0.5) is 0 Å². The van der Waals surface area contributed by atoms with Crippen molar-refractivity contribution in [3.05, 3.63) is 51.2 Å². The van der Waals surface area contributed by atoms with Crippen LogP contribution in [0, 0.1) is 13.8 Å². The van der Waals surface area contributed by atoms with Crippen molar-refractivity contribution in [2.24, 2.45) is 0 Å². The maximum Gasteiger partial charge on any atom is 0.122 e. The number of ether oxygens (including phenoxy) is 1. The Bertz CT molecular complexity index is 517. The number of aryl methyl sites for hydroxylation is 2. The molecule has 0 amide bonds. The molecule has 17 heavy (non-hydrogen) atoms. The third-order valence-electron chi connectivity index (χ3n) is 2.81. The van der Waals surface area contributed by atoms with Crippen LogP contribution in [0.25, 0.3) is 0 Å². The van der Waals surface area contributed by atoms with E-state index in [-0.39, 0.29) is 0 Å². The van der Waals surface area contributed by atoms with Crippen molar-refractivity contribution in [3.8, 4) is 5.75 Å². The highest BCUT2D eigenvalue weighted by Gasteiger charge is 2.13. The summed E-state index contributed by atoms with van der Waals surface area (Å²) in [6.45, 7) is 4.03. The van der Waals surface area contributed by atoms with Crippen molar-refractivity contribution >= 4 is 11.3 Å². The van der Waals surface area contributed by atoms with Crippen LogP contribution in [0.5, 0.6) is 5.75 Å². The van der Waals surface area contributed by atoms with Gasteiger partial charge in [-0.15, -0.1) is 11.3 Å². The first-order valence-electron chi connectivity index (χ1n) is 5.49. The molecule has 2 nitrogen and oxygen atoms in total. The molecule has 1 aromatic carbocycles. The fraction of sp³-hybridized carbons (Fsp3) is 0.286. The summed E-state index contributed by atoms with van der Waals surface area (Å²) in [7, 11) is 1.65. The minimum absolute atomic E-state index is 0.575. The highest BCUT2D eigenvalue weighted by atomic mass is 32.1. The Morgan fingerprint density at radius 1 is 1.18 bits per heavy atom. The molecule has 90 valence electrons. The van der Waals surface area contributed by atoms with Crippen LogP contribution < -0.4 is 4.74 Å². The summed E-state index contributed by atoms with van der Waals surface area (Å²) in [6.07, 6.45) is -0.575. The van der Waals surface area contributed by atoms with Gasteiger partial charge in [0.1, 0.15) is 11.9 Å². The summed E-state index contributed by atoms with van der Waals surface area (Å²) in [5.74, 6) is 0.813. The van der Waals surface area contributed by atoms with Gasteiger partial charge in [0, 0.05) is 4.88 Å². The van der Waals surface area contributed by atoms with Crippen molar-refractivity contribution in [3.63, 3.8) is 0 Å². The lowest BCUT2D eigenvalue weighted by Gasteiger charge is -2.12. The maximum absolute atomic E-state index is 10.3. The van der Waals surface area contributed by atoms with E-state index >= 15 is 0 Å². The Hall–Kier alpha value is -1.32. The van der Waals surface area contributed by atoms with E-state index in [2.05, 4.69) is 0 Å². The number of thiophene rings is 1. The van der Waals surface area contributed by atoms with Gasteiger partial charge < -0.3 is 9.84 Å². The maximum atomic E-state index is 10.3. The van der Waals surface area contributed by atoms with Crippen LogP contribution in [-0.2, 0) is 0 Å². The summed E-state index contributed by atoms with van der Waals surface area (Å²) in [5, 5.41) is 12.3. The average molecular weight is 248 g/mol. The van der Waals surface area contributed by atoms with E-state index in [1.54, 1.807) is 18.4 Å². The molecule has 0 spiro atoms. The van der Waals surface area contributed by atoms with E-state index in [1.807, 2.05) is 43.5 Å². The van der Waals surface area contributed by atoms with E-state index in [1.165, 1.54) is 4.88 Å². The average Bonchev–Trinajstić information content (AvgIpc) is 2.75. The third kappa shape index (κ3) is 2.51. The van der Waals surface area contributed by atoms with Crippen molar-refractivity contribution in [2.45, 2.75) is 20.0 Å². The quantitative estimate of drug-likeness (QED) is 0.901. The number of hydrogen-bond donors (Lipinski definition) is 1. The minimum Gasteiger partial charge on any atom is -0.496 e. The molecule has 0 fully saturated rings. The summed E-state index contributed by atoms with van der Waals surface area (Å²) in [5.41, 5.74) is 2.88. The summed E-state index contributed by atoms with van der Waals surface area (Å²) < 4.78 is 5.27. The number of rotatable bonds is 3. The zero-order valence-corrected chi connectivity index (χ0v) is 11.0. The first-order valence-corrected chi connectivity index (χ1v) is 6.37. The standard InChI is InChI=1S/C14H16O2S/c1-9-4-5-11(7-13(9)16-3)14(15)12-6-10(2)17-8-12/h4-8,14-15H,1-3H3. The molecular formula is C14H16O2S. The Labute approximate surface area is 105 Å². The van der Waals surface area contributed by atoms with Gasteiger partial charge in [-0.25, -0.2) is 0 Å². The Morgan fingerprint density at radius 2 is 1.94 bits per heavy atom. The largest absolute Gasteiger partial charge is 0.496 e. The molecule has 2 aromatic rings. The number of benzene rings is 1. The van der Waals surface area contributed by atoms with Crippen LogP contribution in [0.3, 0.4) is 0 Å². The van der Waals surface area contributed by atoms with Crippen molar-refractivity contribution in [2.75, 3.05) is 7.11 Å². The molecule has 3 heteroatoms. The first-order chi connectivity index (χ1) is 8.11. The molecule has 1 atom stereocenters. The molecular weight excluding hydrogens is 232 g/mol. The van der Waals surface area contributed by atoms with Crippen LogP contribution in [0.2, 0.25) is 0 Å². The molecule has 0 bridgehead atoms. The van der Waals surface area contributed by atoms with E-state index in [4.69, 9.17) is 4.74 Å². The normalized spacial score (nSPS) is 12.5. The summed E-state index contributed by atoms with van der Waals surface area (Å²) in [6, 6.07) is 7.82. The van der Waals surface area contributed by atoms with Gasteiger partial charge in [0.2, 0.25) is 0 Å². The van der Waals surface area contributed by atoms with Crippen LogP contribution in [0.15, 0.2) is 29.6 Å². The second kappa shape index (κ2) is 4.90. The molecule has 1 unspecified atom stereocenters. The molecule has 0 saturated heterocycles. The zero-order valence-electron chi connectivity index (χ0n) is 10.2. The summed E-state index contributed by atoms with van der Waals surface area (Å²) in [4.78, 5) is 1.21. The fourth-order valence-corrected chi connectivity index (χ4v) is 2.53. The minimum atomic E-state index is -0.575. The van der Waals surface area contributed by atoms with Crippen LogP contribution in [-0.4, -0.2) is 12.2 Å². The number of aliphatic hydroxyl groups excluding tert-OH is 1. The predicted molar refractivity (Wildman–Crippen MR) is 70.8 cm³/mol.